The van der Waals surface area contributed by atoms with Crippen LogP contribution in [0.3, 0.4) is 0 Å². The molecule has 1 N–H and O–H groups in total. The number of aliphatic imine (C=N–C) groups is 1. The largest absolute Gasteiger partial charge is 0.473 e. The van der Waals surface area contributed by atoms with Crippen molar-refractivity contribution in [2.45, 2.75) is 0 Å². The van der Waals surface area contributed by atoms with E-state index in [4.69, 9.17) is 5.11 Å². The fourth-order valence-electron chi connectivity index (χ4n) is 1.17. The highest BCUT2D eigenvalue weighted by molar-refractivity contribution is 8.67. The van der Waals surface area contributed by atoms with Gasteiger partial charge in [-0.05, 0) is 10.0 Å². The number of allylic oxidation sites excluding steroid dienone is 2. The molecule has 1 heterocycles. The topological polar surface area (TPSA) is 118 Å². The van der Waals surface area contributed by atoms with Gasteiger partial charge >= 0.3 is 5.30 Å². The Labute approximate surface area is 90.2 Å². The Bertz CT molecular complexity index is 465. The first-order valence-electron chi connectivity index (χ1n) is 3.78. The zero-order chi connectivity index (χ0) is 12.3. The van der Waals surface area contributed by atoms with Crippen LogP contribution in [0.2, 0.25) is 0 Å². The van der Waals surface area contributed by atoms with Gasteiger partial charge in [0.05, 0.1) is 4.91 Å². The van der Waals surface area contributed by atoms with Gasteiger partial charge in [0.1, 0.15) is 10.7 Å². The van der Waals surface area contributed by atoms with Crippen LogP contribution in [0.1, 0.15) is 0 Å². The highest BCUT2D eigenvalue weighted by atomic mass is 32.3. The summed E-state index contributed by atoms with van der Waals surface area (Å²) in [4.78, 5) is 56.6. The van der Waals surface area contributed by atoms with Crippen LogP contribution in [0.25, 0.3) is 0 Å². The van der Waals surface area contributed by atoms with Gasteiger partial charge in [-0.1, -0.05) is 0 Å². The van der Waals surface area contributed by atoms with Crippen LogP contribution < -0.4 is 0 Å². The molecule has 7 nitrogen and oxygen atoms in total. The number of carbonyl (C=O) groups is 5. The maximum atomic E-state index is 11.0. The lowest BCUT2D eigenvalue weighted by molar-refractivity contribution is -0.106. The zero-order valence-electron chi connectivity index (χ0n) is 7.65. The predicted octanol–water partition coefficient (Wildman–Crippen LogP) is -0.120. The van der Waals surface area contributed by atoms with Crippen molar-refractivity contribution in [2.24, 2.45) is 4.99 Å². The van der Waals surface area contributed by atoms with Crippen molar-refractivity contribution in [1.29, 1.82) is 0 Å². The van der Waals surface area contributed by atoms with Crippen LogP contribution in [0.4, 0.5) is 4.79 Å². The fourth-order valence-corrected chi connectivity index (χ4v) is 3.02. The van der Waals surface area contributed by atoms with E-state index in [1.165, 1.54) is 0 Å². The maximum absolute atomic E-state index is 11.0. The van der Waals surface area contributed by atoms with Crippen LogP contribution in [-0.2, 0) is 19.2 Å². The number of carboxylic acid groups (broad SMARTS) is 1. The smallest absolute Gasteiger partial charge is 0.363 e. The highest BCUT2D eigenvalue weighted by Crippen LogP contribution is 2.58. The molecule has 0 aromatic rings. The molecule has 0 radical (unpaired) electrons. The van der Waals surface area contributed by atoms with E-state index in [1.807, 2.05) is 0 Å². The number of nitrogens with zero attached hydrogens (tertiary/aromatic N) is 1. The van der Waals surface area contributed by atoms with Gasteiger partial charge in [0.25, 0.3) is 0 Å². The van der Waals surface area contributed by atoms with E-state index in [1.54, 1.807) is 0 Å². The molecule has 84 valence electrons. The average Bonchev–Trinajstić information content (AvgIpc) is 2.62. The first-order valence-corrected chi connectivity index (χ1v) is 5.48. The van der Waals surface area contributed by atoms with Crippen molar-refractivity contribution < 1.29 is 29.1 Å². The van der Waals surface area contributed by atoms with Gasteiger partial charge in [0, 0.05) is 0 Å². The third kappa shape index (κ3) is 1.31. The van der Waals surface area contributed by atoms with E-state index < -0.39 is 31.0 Å². The lowest BCUT2D eigenvalue weighted by Gasteiger charge is -2.22. The molecule has 0 aromatic carbocycles. The fraction of sp³-hybridized carbons (Fsp3) is 0. The molecule has 0 amide bonds. The molecule has 8 heteroatoms. The number of rotatable bonds is 4. The summed E-state index contributed by atoms with van der Waals surface area (Å²) in [6.07, 6.45) is 0.272. The van der Waals surface area contributed by atoms with E-state index in [0.29, 0.717) is 0 Å². The number of carbonyl (C=O) groups excluding carboxylic acids is 4. The molecule has 0 aliphatic carbocycles. The van der Waals surface area contributed by atoms with E-state index in [-0.39, 0.29) is 24.5 Å². The molecule has 0 bridgehead atoms. The third-order valence-corrected chi connectivity index (χ3v) is 4.59. The summed E-state index contributed by atoms with van der Waals surface area (Å²) in [6.45, 7) is 0. The van der Waals surface area contributed by atoms with E-state index in [2.05, 4.69) is 4.99 Å². The summed E-state index contributed by atoms with van der Waals surface area (Å²) in [5, 5.41) is 6.69. The lowest BCUT2D eigenvalue weighted by atomic mass is 10.4. The quantitative estimate of drug-likeness (QED) is 0.687. The number of aldehydes is 3. The van der Waals surface area contributed by atoms with Crippen molar-refractivity contribution in [3.8, 4) is 0 Å². The van der Waals surface area contributed by atoms with Crippen molar-refractivity contribution in [2.75, 3.05) is 0 Å². The summed E-state index contributed by atoms with van der Waals surface area (Å²) in [7, 11) is -3.46. The second-order valence-electron chi connectivity index (χ2n) is 2.57. The first-order chi connectivity index (χ1) is 7.58. The molecule has 16 heavy (non-hydrogen) atoms. The van der Waals surface area contributed by atoms with Crippen LogP contribution in [0.5, 0.6) is 0 Å². The van der Waals surface area contributed by atoms with Gasteiger partial charge in [0.15, 0.2) is 24.5 Å². The van der Waals surface area contributed by atoms with Crippen molar-refractivity contribution in [3.63, 3.8) is 0 Å². The molecule has 0 spiro atoms. The molecule has 1 rings (SSSR count). The minimum atomic E-state index is -3.46. The number of hydrogen-bond donors (Lipinski definition) is 1. The molecule has 0 fully saturated rings. The summed E-state index contributed by atoms with van der Waals surface area (Å²) in [5.41, 5.74) is -0.496. The maximum Gasteiger partial charge on any atom is 0.363 e. The van der Waals surface area contributed by atoms with Gasteiger partial charge in [0.2, 0.25) is 0 Å². The monoisotopic (exact) mass is 243 g/mol. The van der Waals surface area contributed by atoms with Crippen LogP contribution >= 0.6 is 10.0 Å². The molecule has 1 unspecified atom stereocenters. The zero-order valence-corrected chi connectivity index (χ0v) is 8.47. The van der Waals surface area contributed by atoms with Crippen molar-refractivity contribution >= 4 is 44.8 Å². The second-order valence-corrected chi connectivity index (χ2v) is 5.29. The minimum Gasteiger partial charge on any atom is -0.473 e. The predicted molar refractivity (Wildman–Crippen MR) is 55.0 cm³/mol. The highest BCUT2D eigenvalue weighted by Gasteiger charge is 2.47. The average molecular weight is 243 g/mol. The summed E-state index contributed by atoms with van der Waals surface area (Å²) in [6, 6.07) is 0. The second kappa shape index (κ2) is 4.19. The molecule has 0 saturated heterocycles. The minimum absolute atomic E-state index is 0.0111. The molecular formula is C8H5NO6S. The molecule has 1 aliphatic rings. The van der Waals surface area contributed by atoms with Crippen LogP contribution in [0.15, 0.2) is 15.6 Å². The summed E-state index contributed by atoms with van der Waals surface area (Å²) < 4.78 is 0. The molecule has 1 atom stereocenters. The summed E-state index contributed by atoms with van der Waals surface area (Å²) in [5.74, 6) is 0. The van der Waals surface area contributed by atoms with Crippen LogP contribution in [0, 0.1) is 0 Å². The van der Waals surface area contributed by atoms with Gasteiger partial charge < -0.3 is 5.11 Å². The standard InChI is InChI=1S/C8H5NO6S/c10-1-5-6(2-11)16(4-13,8(14)15)7(3-12)9-5/h1-4H,(H,14,15). The first kappa shape index (κ1) is 12.0. The van der Waals surface area contributed by atoms with Gasteiger partial charge in [-0.2, -0.15) is 0 Å². The van der Waals surface area contributed by atoms with Gasteiger partial charge in [-0.3, -0.25) is 19.2 Å². The Kier molecular flexibility index (Phi) is 3.14. The molecule has 0 saturated carbocycles. The third-order valence-electron chi connectivity index (χ3n) is 1.90. The normalized spacial score (nSPS) is 27.6. The van der Waals surface area contributed by atoms with Gasteiger partial charge in [-0.25, -0.2) is 9.79 Å². The van der Waals surface area contributed by atoms with E-state index in [0.717, 1.165) is 0 Å². The van der Waals surface area contributed by atoms with Crippen molar-refractivity contribution in [3.05, 3.63) is 10.6 Å². The molecule has 0 aromatic heterocycles. The van der Waals surface area contributed by atoms with Gasteiger partial charge in [-0.15, -0.1) is 0 Å². The Morgan fingerprint density at radius 3 is 2.06 bits per heavy atom. The summed E-state index contributed by atoms with van der Waals surface area (Å²) >= 11 is 0. The van der Waals surface area contributed by atoms with Crippen molar-refractivity contribution in [1.82, 2.24) is 0 Å². The Hall–Kier alpha value is -2.09. The SMILES string of the molecule is O=CC1=NC(C=O)=C(C=O)S1(C=O)C(=O)O. The Balaban J connectivity index is 3.61. The molecular weight excluding hydrogens is 238 g/mol. The van der Waals surface area contributed by atoms with Crippen LogP contribution in [-0.4, -0.2) is 39.9 Å². The van der Waals surface area contributed by atoms with E-state index in [9.17, 15) is 24.0 Å². The Morgan fingerprint density at radius 2 is 1.75 bits per heavy atom. The number of hydrogen-bond acceptors (Lipinski definition) is 6. The Morgan fingerprint density at radius 1 is 1.12 bits per heavy atom. The molecule has 1 aliphatic heterocycles. The lowest BCUT2D eigenvalue weighted by Crippen LogP contribution is -2.21. The van der Waals surface area contributed by atoms with E-state index >= 15 is 0 Å².